The molecule has 1 radical (unpaired) electrons. The van der Waals surface area contributed by atoms with Crippen molar-refractivity contribution in [3.8, 4) is 0 Å². The minimum absolute atomic E-state index is 0. The van der Waals surface area contributed by atoms with Gasteiger partial charge in [0, 0.05) is 5.56 Å². The van der Waals surface area contributed by atoms with Crippen molar-refractivity contribution in [2.75, 3.05) is 0 Å². The molecule has 2 heteroatoms. The second-order valence-electron chi connectivity index (χ2n) is 3.53. The molecule has 0 fully saturated rings. The first-order valence-electron chi connectivity index (χ1n) is 5.87. The third-order valence-electron chi connectivity index (χ3n) is 2.11. The van der Waals surface area contributed by atoms with Crippen LogP contribution in [0.5, 0.6) is 0 Å². The van der Waals surface area contributed by atoms with Gasteiger partial charge in [0.1, 0.15) is 6.29 Å². The third kappa shape index (κ3) is 11.8. The summed E-state index contributed by atoms with van der Waals surface area (Å²) in [5, 5.41) is 0. The van der Waals surface area contributed by atoms with Crippen LogP contribution in [0.15, 0.2) is 66.8 Å². The number of allylic oxidation sites excluding steroid dienone is 8. The van der Waals surface area contributed by atoms with E-state index in [2.05, 4.69) is 24.3 Å². The average Bonchev–Trinajstić information content (AvgIpc) is 3.17. The molecule has 2 aliphatic rings. The maximum Gasteiger partial charge on any atom is 3.00 e. The minimum Gasteiger partial charge on any atom is -0.358 e. The van der Waals surface area contributed by atoms with E-state index in [4.69, 9.17) is 0 Å². The number of aldehydes is 1. The van der Waals surface area contributed by atoms with Gasteiger partial charge in [-0.1, -0.05) is 30.3 Å². The number of hydrogen-bond acceptors (Lipinski definition) is 1. The van der Waals surface area contributed by atoms with E-state index in [1.807, 2.05) is 42.5 Å². The molecule has 3 rings (SSSR count). The summed E-state index contributed by atoms with van der Waals surface area (Å²) in [5.41, 5.74) is 0.729. The molecule has 0 atom stereocenters. The smallest absolute Gasteiger partial charge is 0.358 e. The van der Waals surface area contributed by atoms with Gasteiger partial charge in [0.15, 0.2) is 0 Å². The number of benzene rings is 1. The van der Waals surface area contributed by atoms with Gasteiger partial charge >= 0.3 is 26.2 Å². The van der Waals surface area contributed by atoms with Gasteiger partial charge < -0.3 is 7.43 Å². The molecular weight excluding hydrogens is 323 g/mol. The molecule has 0 heterocycles. The molecule has 0 amide bonds. The first kappa shape index (κ1) is 21.0. The Kier molecular flexibility index (Phi) is 16.6. The van der Waals surface area contributed by atoms with Gasteiger partial charge in [0.25, 0.3) is 0 Å². The van der Waals surface area contributed by atoms with Crippen LogP contribution in [0, 0.1) is 19.6 Å². The fourth-order valence-corrected chi connectivity index (χ4v) is 1.21. The van der Waals surface area contributed by atoms with Crippen molar-refractivity contribution in [2.24, 2.45) is 0 Å². The van der Waals surface area contributed by atoms with Crippen LogP contribution in [0.3, 0.4) is 0 Å². The molecule has 1 aromatic carbocycles. The van der Waals surface area contributed by atoms with Crippen molar-refractivity contribution < 1.29 is 31.0 Å². The van der Waals surface area contributed by atoms with Crippen LogP contribution in [0.25, 0.3) is 0 Å². The Balaban J connectivity index is 0. The van der Waals surface area contributed by atoms with E-state index in [9.17, 15) is 4.79 Å². The molecule has 0 saturated heterocycles. The molecule has 0 aromatic heterocycles. The van der Waals surface area contributed by atoms with Crippen LogP contribution in [0.4, 0.5) is 0 Å². The third-order valence-corrected chi connectivity index (χ3v) is 2.11. The Hall–Kier alpha value is -1.27. The van der Waals surface area contributed by atoms with Crippen molar-refractivity contribution in [2.45, 2.75) is 12.8 Å². The Morgan fingerprint density at radius 2 is 1.40 bits per heavy atom. The fraction of sp³-hybridized carbons (Fsp3) is 0.111. The van der Waals surface area contributed by atoms with Crippen molar-refractivity contribution in [1.29, 1.82) is 0 Å². The summed E-state index contributed by atoms with van der Waals surface area (Å²) in [7, 11) is 0. The number of rotatable bonds is 1. The zero-order chi connectivity index (χ0) is 12.9. The van der Waals surface area contributed by atoms with Gasteiger partial charge in [-0.2, -0.15) is 12.2 Å². The average molecular weight is 343 g/mol. The van der Waals surface area contributed by atoms with Gasteiger partial charge in [0.2, 0.25) is 0 Å². The maximum atomic E-state index is 10.0. The molecule has 0 unspecified atom stereocenters. The number of carbonyl (C=O) groups excluding carboxylic acids is 1. The maximum absolute atomic E-state index is 10.0. The molecule has 0 bridgehead atoms. The van der Waals surface area contributed by atoms with E-state index in [1.165, 1.54) is 0 Å². The summed E-state index contributed by atoms with van der Waals surface area (Å²) < 4.78 is 0. The van der Waals surface area contributed by atoms with Gasteiger partial charge in [-0.15, -0.1) is 12.8 Å². The zero-order valence-corrected chi connectivity index (χ0v) is 14.2. The summed E-state index contributed by atoms with van der Waals surface area (Å²) in [6, 6.07) is 9.10. The van der Waals surface area contributed by atoms with Gasteiger partial charge in [0.05, 0.1) is 0 Å². The van der Waals surface area contributed by atoms with E-state index in [1.54, 1.807) is 12.1 Å². The van der Waals surface area contributed by atoms with Crippen molar-refractivity contribution in [1.82, 2.24) is 0 Å². The summed E-state index contributed by atoms with van der Waals surface area (Å²) >= 11 is 0. The van der Waals surface area contributed by atoms with Crippen molar-refractivity contribution >= 4 is 6.29 Å². The largest absolute Gasteiger partial charge is 3.00 e. The van der Waals surface area contributed by atoms with E-state index < -0.39 is 0 Å². The first-order valence-corrected chi connectivity index (χ1v) is 5.87. The molecule has 1 aromatic rings. The van der Waals surface area contributed by atoms with Crippen LogP contribution in [0.2, 0.25) is 0 Å². The summed E-state index contributed by atoms with van der Waals surface area (Å²) in [5.74, 6) is 0. The van der Waals surface area contributed by atoms with Gasteiger partial charge in [-0.25, -0.2) is 24.3 Å². The van der Waals surface area contributed by atoms with Crippen LogP contribution in [0.1, 0.15) is 23.2 Å². The summed E-state index contributed by atoms with van der Waals surface area (Å²) in [4.78, 5) is 10.0. The van der Waals surface area contributed by atoms with E-state index in [-0.39, 0.29) is 33.6 Å². The summed E-state index contributed by atoms with van der Waals surface area (Å²) in [6.45, 7) is 0. The molecule has 0 saturated carbocycles. The SMILES string of the molecule is O=Cc1ccccc1.[C-]1=CC=CC1.[C-]1=CC=CC1.[CH3-].[Zr+3]. The predicted molar refractivity (Wildman–Crippen MR) is 81.4 cm³/mol. The van der Waals surface area contributed by atoms with Crippen molar-refractivity contribution in [3.05, 3.63) is 91.9 Å². The molecule has 1 nitrogen and oxygen atoms in total. The number of hydrogen-bond donors (Lipinski definition) is 0. The van der Waals surface area contributed by atoms with Crippen LogP contribution < -0.4 is 0 Å². The second-order valence-corrected chi connectivity index (χ2v) is 3.53. The van der Waals surface area contributed by atoms with E-state index >= 15 is 0 Å². The van der Waals surface area contributed by atoms with Gasteiger partial charge in [-0.05, 0) is 0 Å². The Morgan fingerprint density at radius 1 is 0.900 bits per heavy atom. The summed E-state index contributed by atoms with van der Waals surface area (Å²) in [6.07, 6.45) is 20.8. The molecule has 2 aliphatic carbocycles. The fourth-order valence-electron chi connectivity index (χ4n) is 1.21. The van der Waals surface area contributed by atoms with Crippen LogP contribution >= 0.6 is 0 Å². The quantitative estimate of drug-likeness (QED) is 0.540. The molecule has 0 N–H and O–H groups in total. The Labute approximate surface area is 141 Å². The molecule has 101 valence electrons. The monoisotopic (exact) mass is 341 g/mol. The standard InChI is InChI=1S/C7H6O.2C5H5.CH3.Zr/c8-6-7-4-2-1-3-5-7;2*1-2-4-5-3-1;;/h1-6H;2*1-3H,4H2;1H3;/q;3*-1;+3. The predicted octanol–water partition coefficient (Wildman–Crippen LogP) is 4.56. The molecule has 0 spiro atoms. The first-order chi connectivity index (χ1) is 8.93. The van der Waals surface area contributed by atoms with Crippen molar-refractivity contribution in [3.63, 3.8) is 0 Å². The molecule has 20 heavy (non-hydrogen) atoms. The van der Waals surface area contributed by atoms with Crippen LogP contribution in [-0.4, -0.2) is 6.29 Å². The van der Waals surface area contributed by atoms with E-state index in [0.717, 1.165) is 24.7 Å². The van der Waals surface area contributed by atoms with E-state index in [0.29, 0.717) is 0 Å². The van der Waals surface area contributed by atoms with Crippen LogP contribution in [-0.2, 0) is 26.2 Å². The second kappa shape index (κ2) is 15.8. The molecular formula is C18H19OZr. The van der Waals surface area contributed by atoms with Gasteiger partial charge in [-0.3, -0.25) is 16.9 Å². The Bertz CT molecular complexity index is 400. The normalized spacial score (nSPS) is 12.2. The Morgan fingerprint density at radius 3 is 1.60 bits per heavy atom. The topological polar surface area (TPSA) is 17.1 Å². The number of carbonyl (C=O) groups is 1. The minimum atomic E-state index is 0. The zero-order valence-electron chi connectivity index (χ0n) is 11.8. The molecule has 0 aliphatic heterocycles.